The second-order valence-corrected chi connectivity index (χ2v) is 8.08. The summed E-state index contributed by atoms with van der Waals surface area (Å²) >= 11 is 1.60. The Hall–Kier alpha value is -1.44. The van der Waals surface area contributed by atoms with Gasteiger partial charge in [0.05, 0.1) is 5.75 Å². The van der Waals surface area contributed by atoms with Gasteiger partial charge in [0, 0.05) is 30.7 Å². The van der Waals surface area contributed by atoms with E-state index in [9.17, 15) is 8.42 Å². The molecule has 2 heterocycles. The molecule has 3 rings (SSSR count). The van der Waals surface area contributed by atoms with E-state index in [1.807, 2.05) is 35.7 Å². The molecular formula is C15H19N3O2S2. The highest BCUT2D eigenvalue weighted by Gasteiger charge is 2.27. The minimum Gasteiger partial charge on any atom is -0.344 e. The van der Waals surface area contributed by atoms with Crippen LogP contribution in [0.15, 0.2) is 41.9 Å². The van der Waals surface area contributed by atoms with Crippen LogP contribution in [0.25, 0.3) is 0 Å². The summed E-state index contributed by atoms with van der Waals surface area (Å²) in [5.74, 6) is 0.0256. The summed E-state index contributed by atoms with van der Waals surface area (Å²) in [5.41, 5.74) is 0.804. The van der Waals surface area contributed by atoms with Crippen molar-refractivity contribution >= 4 is 26.5 Å². The molecule has 0 amide bonds. The Morgan fingerprint density at radius 1 is 1.32 bits per heavy atom. The molecule has 22 heavy (non-hydrogen) atoms. The highest BCUT2D eigenvalue weighted by Crippen LogP contribution is 2.26. The van der Waals surface area contributed by atoms with Crippen LogP contribution >= 0.6 is 11.3 Å². The normalized spacial score (nSPS) is 18.7. The third-order valence-corrected chi connectivity index (χ3v) is 5.91. The van der Waals surface area contributed by atoms with Gasteiger partial charge in [-0.3, -0.25) is 0 Å². The summed E-state index contributed by atoms with van der Waals surface area (Å²) in [7, 11) is -3.31. The number of thiazole rings is 1. The lowest BCUT2D eigenvalue weighted by Crippen LogP contribution is -2.40. The van der Waals surface area contributed by atoms with Gasteiger partial charge in [0.15, 0.2) is 5.13 Å². The zero-order valence-electron chi connectivity index (χ0n) is 12.2. The van der Waals surface area contributed by atoms with Gasteiger partial charge in [-0.1, -0.05) is 30.3 Å². The van der Waals surface area contributed by atoms with Crippen molar-refractivity contribution in [2.24, 2.45) is 0 Å². The molecular weight excluding hydrogens is 318 g/mol. The molecule has 7 heteroatoms. The van der Waals surface area contributed by atoms with Gasteiger partial charge in [-0.25, -0.2) is 18.1 Å². The van der Waals surface area contributed by atoms with Crippen molar-refractivity contribution in [2.45, 2.75) is 24.6 Å². The van der Waals surface area contributed by atoms with E-state index in [4.69, 9.17) is 0 Å². The van der Waals surface area contributed by atoms with Gasteiger partial charge in [0.1, 0.15) is 0 Å². The molecule has 1 saturated heterocycles. The Morgan fingerprint density at radius 3 is 2.86 bits per heavy atom. The van der Waals surface area contributed by atoms with Crippen molar-refractivity contribution in [1.82, 2.24) is 9.71 Å². The van der Waals surface area contributed by atoms with E-state index in [0.29, 0.717) is 6.54 Å². The molecule has 1 N–H and O–H groups in total. The van der Waals surface area contributed by atoms with E-state index >= 15 is 0 Å². The van der Waals surface area contributed by atoms with Gasteiger partial charge in [-0.15, -0.1) is 11.3 Å². The topological polar surface area (TPSA) is 62.3 Å². The SMILES string of the molecule is O=S(=O)(Cc1ccccc1)NC[C@@H]1CCCN1c1nccs1. The summed E-state index contributed by atoms with van der Waals surface area (Å²) in [6.07, 6.45) is 3.85. The highest BCUT2D eigenvalue weighted by molar-refractivity contribution is 7.88. The number of nitrogens with zero attached hydrogens (tertiary/aromatic N) is 2. The zero-order chi connectivity index (χ0) is 15.4. The van der Waals surface area contributed by atoms with Crippen LogP contribution in [0.4, 0.5) is 5.13 Å². The summed E-state index contributed by atoms with van der Waals surface area (Å²) < 4.78 is 27.2. The first kappa shape index (κ1) is 15.5. The van der Waals surface area contributed by atoms with E-state index in [2.05, 4.69) is 14.6 Å². The van der Waals surface area contributed by atoms with E-state index in [1.165, 1.54) is 0 Å². The molecule has 0 spiro atoms. The monoisotopic (exact) mass is 337 g/mol. The summed E-state index contributed by atoms with van der Waals surface area (Å²) in [4.78, 5) is 6.53. The predicted molar refractivity (Wildman–Crippen MR) is 89.6 cm³/mol. The number of nitrogens with one attached hydrogen (secondary N) is 1. The van der Waals surface area contributed by atoms with Crippen LogP contribution in [0.2, 0.25) is 0 Å². The molecule has 0 saturated carbocycles. The van der Waals surface area contributed by atoms with Crippen LogP contribution in [-0.4, -0.2) is 32.5 Å². The van der Waals surface area contributed by atoms with Crippen molar-refractivity contribution in [3.63, 3.8) is 0 Å². The van der Waals surface area contributed by atoms with Crippen molar-refractivity contribution in [2.75, 3.05) is 18.0 Å². The standard InChI is InChI=1S/C15H19N3O2S2/c19-22(20,12-13-5-2-1-3-6-13)17-11-14-7-4-9-18(14)15-16-8-10-21-15/h1-3,5-6,8,10,14,17H,4,7,9,11-12H2/t14-/m0/s1. The Morgan fingerprint density at radius 2 is 2.14 bits per heavy atom. The Kier molecular flexibility index (Phi) is 4.75. The van der Waals surface area contributed by atoms with Gasteiger partial charge in [0.25, 0.3) is 0 Å². The molecule has 1 aliphatic rings. The maximum absolute atomic E-state index is 12.2. The third-order valence-electron chi connectivity index (χ3n) is 3.78. The molecule has 0 aliphatic carbocycles. The molecule has 0 unspecified atom stereocenters. The van der Waals surface area contributed by atoms with E-state index in [0.717, 1.165) is 30.1 Å². The first-order valence-electron chi connectivity index (χ1n) is 7.31. The summed E-state index contributed by atoms with van der Waals surface area (Å²) in [6, 6.07) is 9.44. The van der Waals surface area contributed by atoms with Crippen LogP contribution in [0.5, 0.6) is 0 Å². The average Bonchev–Trinajstić information content (AvgIpc) is 3.17. The average molecular weight is 337 g/mol. The number of sulfonamides is 1. The molecule has 118 valence electrons. The predicted octanol–water partition coefficient (Wildman–Crippen LogP) is 2.23. The molecule has 0 radical (unpaired) electrons. The second kappa shape index (κ2) is 6.76. The van der Waals surface area contributed by atoms with E-state index < -0.39 is 10.0 Å². The molecule has 1 aliphatic heterocycles. The van der Waals surface area contributed by atoms with Crippen LogP contribution in [-0.2, 0) is 15.8 Å². The number of rotatable bonds is 6. The minimum absolute atomic E-state index is 0.0256. The number of hydrogen-bond donors (Lipinski definition) is 1. The van der Waals surface area contributed by atoms with Crippen LogP contribution in [0.1, 0.15) is 18.4 Å². The first-order valence-corrected chi connectivity index (χ1v) is 9.85. The third kappa shape index (κ3) is 3.85. The smallest absolute Gasteiger partial charge is 0.215 e. The van der Waals surface area contributed by atoms with Crippen molar-refractivity contribution in [1.29, 1.82) is 0 Å². The fourth-order valence-corrected chi connectivity index (χ4v) is 4.65. The Bertz CT molecular complexity index is 687. The van der Waals surface area contributed by atoms with Crippen molar-refractivity contribution < 1.29 is 8.42 Å². The highest BCUT2D eigenvalue weighted by atomic mass is 32.2. The van der Waals surface area contributed by atoms with Crippen LogP contribution < -0.4 is 9.62 Å². The van der Waals surface area contributed by atoms with E-state index in [1.54, 1.807) is 17.5 Å². The second-order valence-electron chi connectivity index (χ2n) is 5.40. The molecule has 5 nitrogen and oxygen atoms in total. The van der Waals surface area contributed by atoms with Crippen LogP contribution in [0, 0.1) is 0 Å². The largest absolute Gasteiger partial charge is 0.344 e. The fourth-order valence-electron chi connectivity index (χ4n) is 2.73. The summed E-state index contributed by atoms with van der Waals surface area (Å²) in [5, 5.41) is 2.93. The van der Waals surface area contributed by atoms with Crippen molar-refractivity contribution in [3.05, 3.63) is 47.5 Å². The fraction of sp³-hybridized carbons (Fsp3) is 0.400. The number of aromatic nitrogens is 1. The van der Waals surface area contributed by atoms with E-state index in [-0.39, 0.29) is 11.8 Å². The molecule has 1 atom stereocenters. The lowest BCUT2D eigenvalue weighted by molar-refractivity contribution is 0.566. The van der Waals surface area contributed by atoms with Gasteiger partial charge >= 0.3 is 0 Å². The first-order chi connectivity index (χ1) is 10.6. The molecule has 1 aromatic carbocycles. The maximum atomic E-state index is 12.2. The molecule has 1 aromatic heterocycles. The molecule has 1 fully saturated rings. The van der Waals surface area contributed by atoms with Gasteiger partial charge in [-0.2, -0.15) is 0 Å². The summed E-state index contributed by atoms with van der Waals surface area (Å²) in [6.45, 7) is 1.38. The minimum atomic E-state index is -3.31. The van der Waals surface area contributed by atoms with Gasteiger partial charge in [0.2, 0.25) is 10.0 Å². The van der Waals surface area contributed by atoms with Gasteiger partial charge in [-0.05, 0) is 18.4 Å². The lowest BCUT2D eigenvalue weighted by atomic mass is 10.2. The Balaban J connectivity index is 1.59. The zero-order valence-corrected chi connectivity index (χ0v) is 13.8. The van der Waals surface area contributed by atoms with Gasteiger partial charge < -0.3 is 4.90 Å². The quantitative estimate of drug-likeness (QED) is 0.878. The lowest BCUT2D eigenvalue weighted by Gasteiger charge is -2.24. The van der Waals surface area contributed by atoms with Crippen LogP contribution in [0.3, 0.4) is 0 Å². The molecule has 2 aromatic rings. The number of anilines is 1. The molecule has 0 bridgehead atoms. The number of benzene rings is 1. The van der Waals surface area contributed by atoms with Crippen molar-refractivity contribution in [3.8, 4) is 0 Å². The number of hydrogen-bond acceptors (Lipinski definition) is 5. The maximum Gasteiger partial charge on any atom is 0.215 e. The Labute approximate surface area is 135 Å².